The van der Waals surface area contributed by atoms with Crippen molar-refractivity contribution < 1.29 is 14.4 Å². The van der Waals surface area contributed by atoms with E-state index >= 15 is 0 Å². The van der Waals surface area contributed by atoms with Gasteiger partial charge in [0.05, 0.1) is 12.6 Å². The summed E-state index contributed by atoms with van der Waals surface area (Å²) in [7, 11) is 0. The molecule has 1 aliphatic heterocycles. The van der Waals surface area contributed by atoms with Crippen LogP contribution in [0.3, 0.4) is 0 Å². The van der Waals surface area contributed by atoms with Crippen LogP contribution in [0.4, 0.5) is 17.5 Å². The molecule has 0 aliphatic carbocycles. The molecule has 0 saturated heterocycles. The van der Waals surface area contributed by atoms with Crippen LogP contribution in [0.1, 0.15) is 47.2 Å². The molecule has 10 heteroatoms. The van der Waals surface area contributed by atoms with E-state index in [1.54, 1.807) is 19.2 Å². The Kier molecular flexibility index (Phi) is 6.11. The lowest BCUT2D eigenvalue weighted by Crippen LogP contribution is -2.49. The van der Waals surface area contributed by atoms with Crippen LogP contribution in [-0.2, 0) is 6.42 Å². The van der Waals surface area contributed by atoms with Gasteiger partial charge in [0.1, 0.15) is 11.4 Å². The number of aliphatic hydroxyl groups is 1. The number of nitrogens with zero attached hydrogens (tertiary/aromatic N) is 4. The molecule has 2 aromatic heterocycles. The van der Waals surface area contributed by atoms with Crippen molar-refractivity contribution in [2.24, 2.45) is 0 Å². The summed E-state index contributed by atoms with van der Waals surface area (Å²) in [6.45, 7) is 5.58. The molecule has 36 heavy (non-hydrogen) atoms. The number of aliphatic hydroxyl groups excluding tert-OH is 1. The molecule has 0 saturated carbocycles. The Morgan fingerprint density at radius 3 is 2.67 bits per heavy atom. The van der Waals surface area contributed by atoms with Gasteiger partial charge in [-0.1, -0.05) is 41.6 Å². The number of hydrogen-bond acceptors (Lipinski definition) is 9. The second-order valence-corrected chi connectivity index (χ2v) is 9.40. The van der Waals surface area contributed by atoms with E-state index in [0.29, 0.717) is 34.4 Å². The number of fused-ring (bicyclic) bond motifs is 1. The molecule has 0 bridgehead atoms. The van der Waals surface area contributed by atoms with Crippen LogP contribution >= 0.6 is 0 Å². The minimum absolute atomic E-state index is 0.107. The summed E-state index contributed by atoms with van der Waals surface area (Å²) < 4.78 is 5.35. The zero-order valence-electron chi connectivity index (χ0n) is 20.2. The predicted octanol–water partition coefficient (Wildman–Crippen LogP) is 3.79. The van der Waals surface area contributed by atoms with Crippen LogP contribution in [-0.4, -0.2) is 43.3 Å². The highest BCUT2D eigenvalue weighted by atomic mass is 16.5. The number of rotatable bonds is 7. The molecule has 1 atom stereocenters. The number of aryl methyl sites for hydroxylation is 1. The van der Waals surface area contributed by atoms with E-state index in [4.69, 9.17) is 4.52 Å². The Labute approximate surface area is 208 Å². The highest BCUT2D eigenvalue weighted by Crippen LogP contribution is 2.30. The number of carbonyl (C=O) groups is 1. The van der Waals surface area contributed by atoms with Crippen LogP contribution in [0.25, 0.3) is 11.5 Å². The molecular formula is C26H27N7O3. The van der Waals surface area contributed by atoms with E-state index in [1.807, 2.05) is 56.3 Å². The summed E-state index contributed by atoms with van der Waals surface area (Å²) in [6, 6.07) is 14.8. The molecule has 1 aliphatic rings. The zero-order chi connectivity index (χ0) is 25.3. The number of nitrogens with one attached hydrogen (secondary N) is 3. The van der Waals surface area contributed by atoms with Crippen molar-refractivity contribution in [2.75, 3.05) is 17.2 Å². The lowest BCUT2D eigenvalue weighted by Gasteiger charge is -2.32. The molecule has 10 nitrogen and oxygen atoms in total. The van der Waals surface area contributed by atoms with Gasteiger partial charge in [-0.2, -0.15) is 9.97 Å². The third kappa shape index (κ3) is 4.89. The largest absolute Gasteiger partial charge is 0.394 e. The molecule has 0 unspecified atom stereocenters. The maximum absolute atomic E-state index is 12.6. The smallest absolute Gasteiger partial charge is 0.263 e. The van der Waals surface area contributed by atoms with Crippen molar-refractivity contribution in [1.29, 1.82) is 0 Å². The lowest BCUT2D eigenvalue weighted by molar-refractivity contribution is 0.0897. The van der Waals surface area contributed by atoms with Gasteiger partial charge in [0.25, 0.3) is 11.8 Å². The SMILES string of the molecule is Cc1noc(-c2cnc(Nc3ccc4c(c3)C(=O)NC(C)(C)C4)nc2N[C@H](CO)c2ccccc2)n1. The van der Waals surface area contributed by atoms with Crippen molar-refractivity contribution >= 4 is 23.4 Å². The summed E-state index contributed by atoms with van der Waals surface area (Å²) >= 11 is 0. The molecule has 0 spiro atoms. The summed E-state index contributed by atoms with van der Waals surface area (Å²) in [5, 5.41) is 23.4. The lowest BCUT2D eigenvalue weighted by atomic mass is 9.87. The van der Waals surface area contributed by atoms with E-state index in [-0.39, 0.29) is 23.9 Å². The second-order valence-electron chi connectivity index (χ2n) is 9.40. The molecule has 5 rings (SSSR count). The van der Waals surface area contributed by atoms with E-state index in [0.717, 1.165) is 17.5 Å². The van der Waals surface area contributed by atoms with Crippen molar-refractivity contribution in [2.45, 2.75) is 38.8 Å². The average Bonchev–Trinajstić information content (AvgIpc) is 3.29. The molecule has 3 heterocycles. The molecule has 184 valence electrons. The highest BCUT2D eigenvalue weighted by Gasteiger charge is 2.30. The van der Waals surface area contributed by atoms with Crippen molar-refractivity contribution in [1.82, 2.24) is 25.4 Å². The Morgan fingerprint density at radius 1 is 1.14 bits per heavy atom. The predicted molar refractivity (Wildman–Crippen MR) is 135 cm³/mol. The Morgan fingerprint density at radius 2 is 1.94 bits per heavy atom. The minimum atomic E-state index is -0.424. The third-order valence-electron chi connectivity index (χ3n) is 5.94. The Balaban J connectivity index is 1.47. The summed E-state index contributed by atoms with van der Waals surface area (Å²) in [5.41, 5.74) is 3.41. The van der Waals surface area contributed by atoms with Crippen LogP contribution in [0.2, 0.25) is 0 Å². The number of aromatic nitrogens is 4. The van der Waals surface area contributed by atoms with Crippen molar-refractivity contribution in [3.05, 3.63) is 77.2 Å². The van der Waals surface area contributed by atoms with Gasteiger partial charge in [-0.05, 0) is 50.5 Å². The highest BCUT2D eigenvalue weighted by molar-refractivity contribution is 5.98. The van der Waals surface area contributed by atoms with Crippen molar-refractivity contribution in [3.8, 4) is 11.5 Å². The van der Waals surface area contributed by atoms with Crippen molar-refractivity contribution in [3.63, 3.8) is 0 Å². The van der Waals surface area contributed by atoms with Gasteiger partial charge in [0.15, 0.2) is 5.82 Å². The van der Waals surface area contributed by atoms with Gasteiger partial charge in [0, 0.05) is 23.0 Å². The molecule has 0 radical (unpaired) electrons. The first kappa shape index (κ1) is 23.4. The van der Waals surface area contributed by atoms with E-state index < -0.39 is 6.04 Å². The fourth-order valence-electron chi connectivity index (χ4n) is 4.24. The Bertz CT molecular complexity index is 1400. The van der Waals surface area contributed by atoms with Gasteiger partial charge < -0.3 is 25.6 Å². The first-order valence-electron chi connectivity index (χ1n) is 11.6. The molecular weight excluding hydrogens is 458 g/mol. The first-order valence-corrected chi connectivity index (χ1v) is 11.6. The first-order chi connectivity index (χ1) is 17.3. The molecule has 0 fully saturated rings. The van der Waals surface area contributed by atoms with Gasteiger partial charge in [-0.25, -0.2) is 4.98 Å². The molecule has 4 aromatic rings. The number of carbonyl (C=O) groups excluding carboxylic acids is 1. The van der Waals surface area contributed by atoms with E-state index in [2.05, 4.69) is 36.1 Å². The maximum Gasteiger partial charge on any atom is 0.263 e. The summed E-state index contributed by atoms with van der Waals surface area (Å²) in [5.74, 6) is 1.36. The third-order valence-corrected chi connectivity index (χ3v) is 5.94. The molecule has 4 N–H and O–H groups in total. The van der Waals surface area contributed by atoms with E-state index in [1.165, 1.54) is 0 Å². The number of amides is 1. The zero-order valence-corrected chi connectivity index (χ0v) is 20.2. The fraction of sp³-hybridized carbons (Fsp3) is 0.269. The van der Waals surface area contributed by atoms with Crippen LogP contribution in [0.5, 0.6) is 0 Å². The fourth-order valence-corrected chi connectivity index (χ4v) is 4.24. The van der Waals surface area contributed by atoms with Crippen LogP contribution in [0, 0.1) is 6.92 Å². The number of hydrogen-bond donors (Lipinski definition) is 4. The van der Waals surface area contributed by atoms with E-state index in [9.17, 15) is 9.90 Å². The van der Waals surface area contributed by atoms with Crippen LogP contribution < -0.4 is 16.0 Å². The molecule has 1 amide bonds. The summed E-state index contributed by atoms with van der Waals surface area (Å²) in [6.07, 6.45) is 2.33. The van der Waals surface area contributed by atoms with Gasteiger partial charge in [-0.15, -0.1) is 0 Å². The number of benzene rings is 2. The van der Waals surface area contributed by atoms with Gasteiger partial charge >= 0.3 is 0 Å². The second kappa shape index (κ2) is 9.38. The summed E-state index contributed by atoms with van der Waals surface area (Å²) in [4.78, 5) is 26.0. The maximum atomic E-state index is 12.6. The minimum Gasteiger partial charge on any atom is -0.394 e. The normalized spacial score (nSPS) is 15.1. The molecule has 2 aromatic carbocycles. The van der Waals surface area contributed by atoms with Crippen LogP contribution in [0.15, 0.2) is 59.3 Å². The average molecular weight is 486 g/mol. The topological polar surface area (TPSA) is 138 Å². The quantitative estimate of drug-likeness (QED) is 0.308. The monoisotopic (exact) mass is 485 g/mol. The van der Waals surface area contributed by atoms with Gasteiger partial charge in [0.2, 0.25) is 5.95 Å². The Hall–Kier alpha value is -4.31. The van der Waals surface area contributed by atoms with Gasteiger partial charge in [-0.3, -0.25) is 4.79 Å². The standard InChI is InChI=1S/C26H27N7O3/c1-15-28-24(36-33-15)20-13-27-25(31-22(20)30-21(14-34)16-7-5-4-6-8-16)29-18-10-9-17-12-26(2,3)32-23(35)19(17)11-18/h4-11,13,21,34H,12,14H2,1-3H3,(H,32,35)(H2,27,29,30,31)/t21-/m1/s1. The number of anilines is 3.